The number of aryl methyl sites for hydroxylation is 2. The number of carbonyl (C=O) groups is 1. The van der Waals surface area contributed by atoms with Crippen molar-refractivity contribution in [2.24, 2.45) is 0 Å². The van der Waals surface area contributed by atoms with Crippen LogP contribution in [0.2, 0.25) is 5.02 Å². The van der Waals surface area contributed by atoms with Gasteiger partial charge in [-0.3, -0.25) is 10.1 Å². The third-order valence-electron chi connectivity index (χ3n) is 4.03. The van der Waals surface area contributed by atoms with Crippen LogP contribution in [0.15, 0.2) is 48.5 Å². The van der Waals surface area contributed by atoms with E-state index in [1.54, 1.807) is 37.3 Å². The number of phenols is 1. The molecule has 0 aliphatic carbocycles. The number of carbonyl (C=O) groups excluding carboxylic acids is 1. The number of benzene rings is 3. The van der Waals surface area contributed by atoms with Crippen molar-refractivity contribution in [1.29, 1.82) is 0 Å². The maximum absolute atomic E-state index is 12.6. The predicted octanol–water partition coefficient (Wildman–Crippen LogP) is 4.94. The van der Waals surface area contributed by atoms with Crippen LogP contribution >= 0.6 is 23.8 Å². The summed E-state index contributed by atoms with van der Waals surface area (Å²) in [6.45, 7) is 3.72. The average molecular weight is 385 g/mol. The van der Waals surface area contributed by atoms with Crippen LogP contribution in [-0.4, -0.2) is 16.1 Å². The van der Waals surface area contributed by atoms with Gasteiger partial charge in [-0.1, -0.05) is 41.9 Å². The van der Waals surface area contributed by atoms with Crippen LogP contribution in [0.3, 0.4) is 0 Å². The molecule has 0 aliphatic heterocycles. The van der Waals surface area contributed by atoms with Gasteiger partial charge in [0.05, 0.1) is 5.69 Å². The lowest BCUT2D eigenvalue weighted by Gasteiger charge is -2.14. The predicted molar refractivity (Wildman–Crippen MR) is 110 cm³/mol. The van der Waals surface area contributed by atoms with Gasteiger partial charge in [0.2, 0.25) is 0 Å². The summed E-state index contributed by atoms with van der Waals surface area (Å²) in [5.41, 5.74) is 2.62. The zero-order valence-electron chi connectivity index (χ0n) is 14.3. The summed E-state index contributed by atoms with van der Waals surface area (Å²) in [5, 5.41) is 17.9. The van der Waals surface area contributed by atoms with Crippen molar-refractivity contribution < 1.29 is 9.90 Å². The quantitative estimate of drug-likeness (QED) is 0.432. The molecule has 0 heterocycles. The standard InChI is InChI=1S/C20H17ClN2O2S/c1-11-9-12(2)18(24)17(10-11)22-20(26)23-19(25)15-7-3-6-14-13(15)5-4-8-16(14)21/h3-10,24H,1-2H3,(H2,22,23,25,26). The Morgan fingerprint density at radius 1 is 1.08 bits per heavy atom. The summed E-state index contributed by atoms with van der Waals surface area (Å²) in [4.78, 5) is 12.6. The Hall–Kier alpha value is -2.63. The van der Waals surface area contributed by atoms with E-state index in [1.165, 1.54) is 0 Å². The van der Waals surface area contributed by atoms with Crippen molar-refractivity contribution in [3.63, 3.8) is 0 Å². The first-order chi connectivity index (χ1) is 12.4. The molecule has 1 amide bonds. The summed E-state index contributed by atoms with van der Waals surface area (Å²) in [6.07, 6.45) is 0. The maximum Gasteiger partial charge on any atom is 0.258 e. The van der Waals surface area contributed by atoms with Gasteiger partial charge >= 0.3 is 0 Å². The zero-order valence-corrected chi connectivity index (χ0v) is 15.8. The fourth-order valence-corrected chi connectivity index (χ4v) is 3.29. The van der Waals surface area contributed by atoms with Crippen molar-refractivity contribution in [1.82, 2.24) is 5.32 Å². The number of hydrogen-bond donors (Lipinski definition) is 3. The molecule has 0 radical (unpaired) electrons. The first-order valence-electron chi connectivity index (χ1n) is 7.96. The molecule has 3 aromatic rings. The number of anilines is 1. The fourth-order valence-electron chi connectivity index (χ4n) is 2.85. The molecule has 6 heteroatoms. The molecule has 0 fully saturated rings. The van der Waals surface area contributed by atoms with E-state index in [2.05, 4.69) is 10.6 Å². The Morgan fingerprint density at radius 2 is 1.77 bits per heavy atom. The fraction of sp³-hybridized carbons (Fsp3) is 0.100. The van der Waals surface area contributed by atoms with Gasteiger partial charge in [0.1, 0.15) is 5.75 Å². The van der Waals surface area contributed by atoms with E-state index in [0.29, 0.717) is 16.3 Å². The molecule has 3 N–H and O–H groups in total. The lowest BCUT2D eigenvalue weighted by molar-refractivity contribution is 0.0979. The highest BCUT2D eigenvalue weighted by molar-refractivity contribution is 7.80. The lowest BCUT2D eigenvalue weighted by Crippen LogP contribution is -2.34. The molecule has 4 nitrogen and oxygen atoms in total. The molecule has 0 spiro atoms. The van der Waals surface area contributed by atoms with Crippen LogP contribution in [0.5, 0.6) is 5.75 Å². The molecule has 3 rings (SSSR count). The molecule has 0 aliphatic rings. The largest absolute Gasteiger partial charge is 0.505 e. The molecule has 0 atom stereocenters. The van der Waals surface area contributed by atoms with E-state index in [1.807, 2.05) is 25.1 Å². The van der Waals surface area contributed by atoms with Gasteiger partial charge < -0.3 is 10.4 Å². The number of hydrogen-bond acceptors (Lipinski definition) is 3. The highest BCUT2D eigenvalue weighted by atomic mass is 35.5. The van der Waals surface area contributed by atoms with Gasteiger partial charge in [-0.15, -0.1) is 0 Å². The summed E-state index contributed by atoms with van der Waals surface area (Å²) < 4.78 is 0. The Labute approximate surface area is 161 Å². The number of rotatable bonds is 2. The van der Waals surface area contributed by atoms with Crippen molar-refractivity contribution >= 4 is 51.3 Å². The summed E-state index contributed by atoms with van der Waals surface area (Å²) in [6, 6.07) is 14.4. The normalized spacial score (nSPS) is 10.6. The maximum atomic E-state index is 12.6. The third-order valence-corrected chi connectivity index (χ3v) is 4.57. The van der Waals surface area contributed by atoms with Gasteiger partial charge in [0.25, 0.3) is 5.91 Å². The van der Waals surface area contributed by atoms with E-state index in [-0.39, 0.29) is 16.8 Å². The Bertz CT molecular complexity index is 1030. The summed E-state index contributed by atoms with van der Waals surface area (Å²) in [5.74, 6) is -0.247. The highest BCUT2D eigenvalue weighted by Gasteiger charge is 2.14. The molecule has 132 valence electrons. The van der Waals surface area contributed by atoms with Crippen LogP contribution in [0.1, 0.15) is 21.5 Å². The van der Waals surface area contributed by atoms with E-state index in [0.717, 1.165) is 21.9 Å². The first kappa shape index (κ1) is 18.2. The Balaban J connectivity index is 1.83. The van der Waals surface area contributed by atoms with Gasteiger partial charge in [-0.25, -0.2) is 0 Å². The van der Waals surface area contributed by atoms with Gasteiger partial charge in [0, 0.05) is 16.0 Å². The third kappa shape index (κ3) is 3.64. The van der Waals surface area contributed by atoms with Crippen molar-refractivity contribution in [2.75, 3.05) is 5.32 Å². The van der Waals surface area contributed by atoms with Crippen LogP contribution < -0.4 is 10.6 Å². The molecule has 0 saturated carbocycles. The highest BCUT2D eigenvalue weighted by Crippen LogP contribution is 2.29. The summed E-state index contributed by atoms with van der Waals surface area (Å²) in [7, 11) is 0. The van der Waals surface area contributed by atoms with Crippen LogP contribution in [0.25, 0.3) is 10.8 Å². The number of halogens is 1. The number of phenolic OH excluding ortho intramolecular Hbond substituents is 1. The van der Waals surface area contributed by atoms with Gasteiger partial charge in [0.15, 0.2) is 5.11 Å². The topological polar surface area (TPSA) is 61.4 Å². The SMILES string of the molecule is Cc1cc(C)c(O)c(NC(=S)NC(=O)c2cccc3c(Cl)cccc23)c1. The molecular formula is C20H17ClN2O2S. The van der Waals surface area contributed by atoms with Gasteiger partial charge in [-0.2, -0.15) is 0 Å². The van der Waals surface area contributed by atoms with Crippen LogP contribution in [-0.2, 0) is 0 Å². The van der Waals surface area contributed by atoms with E-state index in [9.17, 15) is 9.90 Å². The minimum absolute atomic E-state index is 0.101. The van der Waals surface area contributed by atoms with Gasteiger partial charge in [-0.05, 0) is 60.8 Å². The van der Waals surface area contributed by atoms with Crippen LogP contribution in [0.4, 0.5) is 5.69 Å². The minimum Gasteiger partial charge on any atom is -0.505 e. The monoisotopic (exact) mass is 384 g/mol. The van der Waals surface area contributed by atoms with E-state index >= 15 is 0 Å². The smallest absolute Gasteiger partial charge is 0.258 e. The molecular weight excluding hydrogens is 368 g/mol. The Kier molecular flexibility index (Phi) is 5.11. The van der Waals surface area contributed by atoms with Crippen LogP contribution in [0, 0.1) is 13.8 Å². The second-order valence-electron chi connectivity index (χ2n) is 6.03. The average Bonchev–Trinajstić information content (AvgIpc) is 2.59. The number of aromatic hydroxyl groups is 1. The Morgan fingerprint density at radius 3 is 2.54 bits per heavy atom. The molecule has 0 aromatic heterocycles. The molecule has 0 saturated heterocycles. The zero-order chi connectivity index (χ0) is 18.8. The van der Waals surface area contributed by atoms with Crippen molar-refractivity contribution in [2.45, 2.75) is 13.8 Å². The number of fused-ring (bicyclic) bond motifs is 1. The van der Waals surface area contributed by atoms with E-state index < -0.39 is 0 Å². The second-order valence-corrected chi connectivity index (χ2v) is 6.84. The lowest BCUT2D eigenvalue weighted by atomic mass is 10.0. The van der Waals surface area contributed by atoms with Crippen molar-refractivity contribution in [3.8, 4) is 5.75 Å². The second kappa shape index (κ2) is 7.32. The van der Waals surface area contributed by atoms with Crippen molar-refractivity contribution in [3.05, 3.63) is 70.2 Å². The molecule has 3 aromatic carbocycles. The molecule has 0 unspecified atom stereocenters. The first-order valence-corrected chi connectivity index (χ1v) is 8.75. The number of thiocarbonyl (C=S) groups is 1. The summed E-state index contributed by atoms with van der Waals surface area (Å²) >= 11 is 11.4. The molecule has 26 heavy (non-hydrogen) atoms. The van der Waals surface area contributed by atoms with E-state index in [4.69, 9.17) is 23.8 Å². The molecule has 0 bridgehead atoms. The number of nitrogens with one attached hydrogen (secondary N) is 2. The number of amides is 1. The minimum atomic E-state index is -0.348.